The smallest absolute Gasteiger partial charge is 0.254 e. The lowest BCUT2D eigenvalue weighted by Gasteiger charge is -2.00. The van der Waals surface area contributed by atoms with Crippen LogP contribution in [0.15, 0.2) is 11.8 Å². The second-order valence-electron chi connectivity index (χ2n) is 2.41. The molecule has 0 fully saturated rings. The molecule has 0 aromatic carbocycles. The van der Waals surface area contributed by atoms with E-state index in [0.29, 0.717) is 0 Å². The van der Waals surface area contributed by atoms with Crippen molar-refractivity contribution < 1.29 is 4.80 Å². The maximum Gasteiger partial charge on any atom is 0.254 e. The van der Waals surface area contributed by atoms with Gasteiger partial charge >= 0.3 is 0 Å². The summed E-state index contributed by atoms with van der Waals surface area (Å²) in [5, 5.41) is 0. The van der Waals surface area contributed by atoms with Gasteiger partial charge in [-0.1, -0.05) is 18.7 Å². The molecule has 0 N–H and O–H groups in total. The van der Waals surface area contributed by atoms with E-state index < -0.39 is 8.32 Å². The molecule has 0 aliphatic carbocycles. The molecule has 0 aromatic rings. The van der Waals surface area contributed by atoms with E-state index in [1.165, 1.54) is 0 Å². The number of hydrogen-bond acceptors (Lipinski definition) is 0. The molecule has 0 atom stereocenters. The summed E-state index contributed by atoms with van der Waals surface area (Å²) in [6.45, 7) is 5.62. The third-order valence-electron chi connectivity index (χ3n) is 0.755. The minimum Gasteiger partial charge on any atom is -0.293 e. The van der Waals surface area contributed by atoms with Crippen molar-refractivity contribution in [1.82, 2.24) is 0 Å². The summed E-state index contributed by atoms with van der Waals surface area (Å²) >= 11 is 0. The van der Waals surface area contributed by atoms with Gasteiger partial charge in [0.1, 0.15) is 0 Å². The van der Waals surface area contributed by atoms with Gasteiger partial charge in [-0.2, -0.15) is 0 Å². The van der Waals surface area contributed by atoms with Crippen LogP contribution in [0.25, 0.3) is 0 Å². The van der Waals surface area contributed by atoms with Crippen LogP contribution in [0.4, 0.5) is 0 Å². The summed E-state index contributed by atoms with van der Waals surface area (Å²) in [4.78, 5) is 10.9. The molecule has 0 heterocycles. The molecule has 1 nitrogen and oxygen atoms in total. The molecule has 0 saturated heterocycles. The van der Waals surface area contributed by atoms with Crippen molar-refractivity contribution in [1.29, 1.82) is 0 Å². The average molecular weight is 129 g/mol. The van der Waals surface area contributed by atoms with E-state index >= 15 is 0 Å². The third kappa shape index (κ3) is 5.92. The minimum absolute atomic E-state index is 0.985. The standard InChI is InChI=1S/C6H13OSi/c1-4-5-6-8(2,3)7/h5-6H,4H2,1-3H3/b6-5+. The van der Waals surface area contributed by atoms with Crippen LogP contribution in [0.3, 0.4) is 0 Å². The summed E-state index contributed by atoms with van der Waals surface area (Å²) in [7, 11) is -2.11. The van der Waals surface area contributed by atoms with Crippen molar-refractivity contribution in [3.8, 4) is 0 Å². The van der Waals surface area contributed by atoms with Gasteiger partial charge in [-0.25, -0.2) is 0 Å². The first-order valence-electron chi connectivity index (χ1n) is 2.94. The molecular weight excluding hydrogens is 116 g/mol. The number of hydrogen-bond donors (Lipinski definition) is 0. The SMILES string of the molecule is CC/C=C/[Si](C)(C)[O]. The lowest BCUT2D eigenvalue weighted by atomic mass is 10.5. The van der Waals surface area contributed by atoms with Crippen molar-refractivity contribution in [3.05, 3.63) is 11.8 Å². The van der Waals surface area contributed by atoms with Gasteiger partial charge in [0.25, 0.3) is 8.32 Å². The molecule has 0 bridgehead atoms. The van der Waals surface area contributed by atoms with Gasteiger partial charge in [-0.05, 0) is 19.5 Å². The fourth-order valence-electron chi connectivity index (χ4n) is 0.402. The average Bonchev–Trinajstić information content (AvgIpc) is 1.59. The maximum atomic E-state index is 10.9. The Balaban J connectivity index is 3.52. The van der Waals surface area contributed by atoms with Crippen LogP contribution in [0.1, 0.15) is 13.3 Å². The first-order chi connectivity index (χ1) is 3.56. The lowest BCUT2D eigenvalue weighted by Crippen LogP contribution is -2.18. The van der Waals surface area contributed by atoms with Gasteiger partial charge in [0.2, 0.25) is 0 Å². The summed E-state index contributed by atoms with van der Waals surface area (Å²) in [6.07, 6.45) is 2.94. The molecule has 8 heavy (non-hydrogen) atoms. The van der Waals surface area contributed by atoms with Crippen LogP contribution in [0.2, 0.25) is 13.1 Å². The Hall–Kier alpha value is -0.0831. The topological polar surface area (TPSA) is 19.9 Å². The highest BCUT2D eigenvalue weighted by molar-refractivity contribution is 6.74. The molecule has 1 radical (unpaired) electrons. The monoisotopic (exact) mass is 129 g/mol. The Kier molecular flexibility index (Phi) is 3.01. The maximum absolute atomic E-state index is 10.9. The normalized spacial score (nSPS) is 13.0. The zero-order chi connectivity index (χ0) is 6.62. The number of allylic oxidation sites excluding steroid dienone is 1. The highest BCUT2D eigenvalue weighted by Crippen LogP contribution is 1.98. The summed E-state index contributed by atoms with van der Waals surface area (Å²) < 4.78 is 0. The second-order valence-corrected chi connectivity index (χ2v) is 5.95. The largest absolute Gasteiger partial charge is 0.293 e. The van der Waals surface area contributed by atoms with Crippen molar-refractivity contribution in [3.63, 3.8) is 0 Å². The highest BCUT2D eigenvalue weighted by Gasteiger charge is 2.13. The van der Waals surface area contributed by atoms with Crippen molar-refractivity contribution in [2.45, 2.75) is 26.4 Å². The third-order valence-corrected chi connectivity index (χ3v) is 1.79. The van der Waals surface area contributed by atoms with Crippen LogP contribution < -0.4 is 0 Å². The van der Waals surface area contributed by atoms with Crippen molar-refractivity contribution >= 4 is 8.32 Å². The molecule has 0 aromatic heterocycles. The van der Waals surface area contributed by atoms with Crippen LogP contribution in [0, 0.1) is 0 Å². The molecule has 2 heteroatoms. The Morgan fingerprint density at radius 1 is 1.50 bits per heavy atom. The van der Waals surface area contributed by atoms with Gasteiger partial charge < -0.3 is 0 Å². The number of rotatable bonds is 2. The van der Waals surface area contributed by atoms with Crippen LogP contribution in [-0.4, -0.2) is 8.32 Å². The van der Waals surface area contributed by atoms with Gasteiger partial charge in [-0.15, -0.1) is 0 Å². The second kappa shape index (κ2) is 3.05. The Bertz CT molecular complexity index is 81.0. The summed E-state index contributed by atoms with van der Waals surface area (Å²) in [6, 6.07) is 0. The van der Waals surface area contributed by atoms with Crippen molar-refractivity contribution in [2.24, 2.45) is 0 Å². The van der Waals surface area contributed by atoms with Crippen molar-refractivity contribution in [2.75, 3.05) is 0 Å². The van der Waals surface area contributed by atoms with Crippen LogP contribution >= 0.6 is 0 Å². The lowest BCUT2D eigenvalue weighted by molar-refractivity contribution is 0.442. The fourth-order valence-corrected chi connectivity index (χ4v) is 1.20. The van der Waals surface area contributed by atoms with Gasteiger partial charge in [0.05, 0.1) is 0 Å². The minimum atomic E-state index is -2.11. The van der Waals surface area contributed by atoms with E-state index in [1.54, 1.807) is 13.1 Å². The Labute approximate surface area is 52.2 Å². The molecular formula is C6H13OSi. The first kappa shape index (κ1) is 7.92. The quantitative estimate of drug-likeness (QED) is 0.509. The zero-order valence-corrected chi connectivity index (χ0v) is 6.77. The first-order valence-corrected chi connectivity index (χ1v) is 5.93. The fraction of sp³-hybridized carbons (Fsp3) is 0.667. The van der Waals surface area contributed by atoms with E-state index in [9.17, 15) is 4.80 Å². The summed E-state index contributed by atoms with van der Waals surface area (Å²) in [5.41, 5.74) is 1.83. The Morgan fingerprint density at radius 2 is 2.00 bits per heavy atom. The molecule has 0 unspecified atom stereocenters. The predicted octanol–water partition coefficient (Wildman–Crippen LogP) is 2.13. The molecule has 0 saturated carbocycles. The molecule has 0 aliphatic rings. The molecule has 47 valence electrons. The molecule has 0 rings (SSSR count). The van der Waals surface area contributed by atoms with E-state index in [4.69, 9.17) is 0 Å². The van der Waals surface area contributed by atoms with Gasteiger partial charge in [-0.3, -0.25) is 4.80 Å². The van der Waals surface area contributed by atoms with Gasteiger partial charge in [0, 0.05) is 0 Å². The van der Waals surface area contributed by atoms with E-state index in [2.05, 4.69) is 0 Å². The molecule has 0 aliphatic heterocycles. The van der Waals surface area contributed by atoms with E-state index in [0.717, 1.165) is 6.42 Å². The zero-order valence-electron chi connectivity index (χ0n) is 5.77. The van der Waals surface area contributed by atoms with E-state index in [1.807, 2.05) is 18.7 Å². The van der Waals surface area contributed by atoms with Crippen LogP contribution in [0.5, 0.6) is 0 Å². The predicted molar refractivity (Wildman–Crippen MR) is 37.6 cm³/mol. The van der Waals surface area contributed by atoms with E-state index in [-0.39, 0.29) is 0 Å². The van der Waals surface area contributed by atoms with Crippen LogP contribution in [-0.2, 0) is 4.80 Å². The summed E-state index contributed by atoms with van der Waals surface area (Å²) in [5.74, 6) is 0. The van der Waals surface area contributed by atoms with Gasteiger partial charge in [0.15, 0.2) is 0 Å². The Morgan fingerprint density at radius 3 is 2.12 bits per heavy atom. The molecule has 0 amide bonds. The highest BCUT2D eigenvalue weighted by atomic mass is 28.4. The molecule has 0 spiro atoms.